The zero-order valence-corrected chi connectivity index (χ0v) is 19.4. The number of aromatic hydroxyl groups is 1. The number of pyridine rings is 1. The number of rotatable bonds is 9. The van der Waals surface area contributed by atoms with Gasteiger partial charge in [-0.25, -0.2) is 0 Å². The van der Waals surface area contributed by atoms with E-state index in [4.69, 9.17) is 16.3 Å². The molecule has 2 N–H and O–H groups in total. The minimum Gasteiger partial charge on any atom is -0.502 e. The lowest BCUT2D eigenvalue weighted by atomic mass is 10.0. The van der Waals surface area contributed by atoms with E-state index in [-0.39, 0.29) is 11.6 Å². The fourth-order valence-corrected chi connectivity index (χ4v) is 3.92. The second-order valence-corrected chi connectivity index (χ2v) is 8.38. The molecule has 0 unspecified atom stereocenters. The molecule has 2 heterocycles. The molecule has 1 aliphatic heterocycles. The first-order chi connectivity index (χ1) is 16.5. The first-order valence-electron chi connectivity index (χ1n) is 11.1. The van der Waals surface area contributed by atoms with Crippen molar-refractivity contribution in [2.24, 2.45) is 0 Å². The van der Waals surface area contributed by atoms with E-state index in [1.807, 2.05) is 48.6 Å². The summed E-state index contributed by atoms with van der Waals surface area (Å²) in [7, 11) is 0. The summed E-state index contributed by atoms with van der Waals surface area (Å²) in [5.74, 6) is -0.133. The van der Waals surface area contributed by atoms with Crippen LogP contribution in [0.1, 0.15) is 34.5 Å². The van der Waals surface area contributed by atoms with Gasteiger partial charge >= 0.3 is 0 Å². The normalized spacial score (nSPS) is 13.1. The van der Waals surface area contributed by atoms with Crippen LogP contribution in [0.2, 0.25) is 5.02 Å². The molecular formula is C26H26ClN3O4. The highest BCUT2D eigenvalue weighted by Crippen LogP contribution is 2.26. The zero-order valence-electron chi connectivity index (χ0n) is 18.6. The van der Waals surface area contributed by atoms with Gasteiger partial charge in [-0.2, -0.15) is 0 Å². The molecule has 0 atom stereocenters. The molecule has 0 aliphatic carbocycles. The maximum absolute atomic E-state index is 12.6. The van der Waals surface area contributed by atoms with Crippen LogP contribution in [0, 0.1) is 0 Å². The number of hydrogen-bond donors (Lipinski definition) is 2. The fraction of sp³-hybridized carbons (Fsp3) is 0.231. The molecule has 0 spiro atoms. The van der Waals surface area contributed by atoms with Gasteiger partial charge in [0.25, 0.3) is 5.91 Å². The summed E-state index contributed by atoms with van der Waals surface area (Å²) in [4.78, 5) is 25.8. The lowest BCUT2D eigenvalue weighted by Gasteiger charge is -2.30. The quantitative estimate of drug-likeness (QED) is 0.355. The predicted molar refractivity (Wildman–Crippen MR) is 132 cm³/mol. The van der Waals surface area contributed by atoms with Gasteiger partial charge in [-0.1, -0.05) is 60.2 Å². The highest BCUT2D eigenvalue weighted by atomic mass is 35.5. The number of amides is 1. The van der Waals surface area contributed by atoms with Crippen LogP contribution in [0.5, 0.6) is 11.5 Å². The number of carbonyl (C=O) groups is 1. The van der Waals surface area contributed by atoms with E-state index >= 15 is 0 Å². The lowest BCUT2D eigenvalue weighted by Crippen LogP contribution is -2.46. The van der Waals surface area contributed by atoms with Crippen LogP contribution in [0.4, 0.5) is 0 Å². The first-order valence-corrected chi connectivity index (χ1v) is 11.5. The van der Waals surface area contributed by atoms with E-state index in [9.17, 15) is 14.7 Å². The van der Waals surface area contributed by atoms with Crippen molar-refractivity contribution in [2.45, 2.75) is 19.3 Å². The van der Waals surface area contributed by atoms with Crippen molar-refractivity contribution < 1.29 is 14.6 Å². The molecule has 8 heteroatoms. The van der Waals surface area contributed by atoms with Crippen LogP contribution in [-0.4, -0.2) is 40.4 Å². The summed E-state index contributed by atoms with van der Waals surface area (Å²) in [6, 6.07) is 17.1. The van der Waals surface area contributed by atoms with E-state index in [0.29, 0.717) is 37.7 Å². The molecule has 34 heavy (non-hydrogen) atoms. The van der Waals surface area contributed by atoms with Crippen LogP contribution in [0.15, 0.2) is 77.7 Å². The molecule has 1 amide bonds. The second kappa shape index (κ2) is 10.9. The highest BCUT2D eigenvalue weighted by Gasteiger charge is 2.27. The van der Waals surface area contributed by atoms with Crippen molar-refractivity contribution in [1.29, 1.82) is 0 Å². The van der Waals surface area contributed by atoms with Crippen molar-refractivity contribution in [3.63, 3.8) is 0 Å². The number of fused-ring (bicyclic) bond motifs is 1. The van der Waals surface area contributed by atoms with E-state index < -0.39 is 11.2 Å². The highest BCUT2D eigenvalue weighted by molar-refractivity contribution is 6.30. The molecule has 0 fully saturated rings. The minimum absolute atomic E-state index is 0.0380. The monoisotopic (exact) mass is 479 g/mol. The molecular weight excluding hydrogens is 454 g/mol. The molecule has 176 valence electrons. The molecule has 1 aliphatic rings. The third kappa shape index (κ3) is 5.61. The summed E-state index contributed by atoms with van der Waals surface area (Å²) in [6.45, 7) is 1.26. The maximum Gasteiger partial charge on any atom is 0.277 e. The molecule has 1 aromatic heterocycles. The summed E-state index contributed by atoms with van der Waals surface area (Å²) < 4.78 is 7.38. The average molecular weight is 480 g/mol. The van der Waals surface area contributed by atoms with Gasteiger partial charge in [0.15, 0.2) is 11.4 Å². The van der Waals surface area contributed by atoms with Crippen molar-refractivity contribution in [3.8, 4) is 11.5 Å². The summed E-state index contributed by atoms with van der Waals surface area (Å²) in [5.41, 5.74) is 4.66. The maximum atomic E-state index is 12.6. The first kappa shape index (κ1) is 23.4. The van der Waals surface area contributed by atoms with Crippen molar-refractivity contribution in [3.05, 3.63) is 105 Å². The standard InChI is InChI=1S/C26H26ClN3O4/c27-21-11-10-20(16-19-8-4-3-5-9-19)23(17-21)34-15-7-2-1-6-13-29-18-28-30-14-12-22(31)25(32)24(30)26(29)33/h1-5,8-12,14,17,28,32H,6-7,13,15-16,18H2/b2-1-. The molecule has 7 nitrogen and oxygen atoms in total. The van der Waals surface area contributed by atoms with Crippen LogP contribution in [0.25, 0.3) is 0 Å². The van der Waals surface area contributed by atoms with Crippen molar-refractivity contribution in [2.75, 3.05) is 25.2 Å². The molecule has 4 rings (SSSR count). The number of hydrogen-bond acceptors (Lipinski definition) is 5. The molecule has 0 saturated carbocycles. The Balaban J connectivity index is 1.25. The topological polar surface area (TPSA) is 83.8 Å². The number of ether oxygens (including phenoxy) is 1. The van der Waals surface area contributed by atoms with E-state index in [1.54, 1.807) is 4.90 Å². The summed E-state index contributed by atoms with van der Waals surface area (Å²) in [6.07, 6.45) is 7.57. The van der Waals surface area contributed by atoms with Gasteiger partial charge in [-0.15, -0.1) is 0 Å². The molecule has 0 saturated heterocycles. The van der Waals surface area contributed by atoms with E-state index in [1.165, 1.54) is 22.5 Å². The van der Waals surface area contributed by atoms with Crippen LogP contribution < -0.4 is 15.6 Å². The number of carbonyl (C=O) groups excluding carboxylic acids is 1. The minimum atomic E-state index is -0.574. The molecule has 2 aromatic carbocycles. The Hall–Kier alpha value is -3.71. The van der Waals surface area contributed by atoms with Gasteiger partial charge in [-0.05, 0) is 36.1 Å². The second-order valence-electron chi connectivity index (χ2n) is 7.94. The van der Waals surface area contributed by atoms with Gasteiger partial charge in [0.1, 0.15) is 12.4 Å². The number of benzene rings is 2. The SMILES string of the molecule is O=C1c2c(O)c(=O)ccn2NCN1CC/C=C\CCOc1cc(Cl)ccc1Cc1ccccc1. The Labute approximate surface area is 202 Å². The van der Waals surface area contributed by atoms with E-state index in [2.05, 4.69) is 17.6 Å². The summed E-state index contributed by atoms with van der Waals surface area (Å²) in [5, 5.41) is 10.6. The van der Waals surface area contributed by atoms with Gasteiger partial charge in [0.05, 0.1) is 6.61 Å². The third-order valence-electron chi connectivity index (χ3n) is 5.54. The van der Waals surface area contributed by atoms with Crippen LogP contribution >= 0.6 is 11.6 Å². The van der Waals surface area contributed by atoms with Gasteiger partial charge in [0.2, 0.25) is 5.43 Å². The Morgan fingerprint density at radius 3 is 2.68 bits per heavy atom. The Morgan fingerprint density at radius 1 is 1.06 bits per heavy atom. The largest absolute Gasteiger partial charge is 0.502 e. The molecule has 0 bridgehead atoms. The smallest absolute Gasteiger partial charge is 0.277 e. The number of nitrogens with zero attached hydrogens (tertiary/aromatic N) is 2. The predicted octanol–water partition coefficient (Wildman–Crippen LogP) is 4.17. The van der Waals surface area contributed by atoms with Crippen molar-refractivity contribution in [1.82, 2.24) is 9.58 Å². The van der Waals surface area contributed by atoms with Gasteiger partial charge < -0.3 is 20.2 Å². The molecule has 3 aromatic rings. The number of halogens is 1. The third-order valence-corrected chi connectivity index (χ3v) is 5.77. The Morgan fingerprint density at radius 2 is 1.85 bits per heavy atom. The Kier molecular flexibility index (Phi) is 7.54. The average Bonchev–Trinajstić information content (AvgIpc) is 2.84. The fourth-order valence-electron chi connectivity index (χ4n) is 3.75. The van der Waals surface area contributed by atoms with E-state index in [0.717, 1.165) is 17.7 Å². The van der Waals surface area contributed by atoms with Crippen molar-refractivity contribution >= 4 is 17.5 Å². The zero-order chi connectivity index (χ0) is 23.9. The van der Waals surface area contributed by atoms with Crippen LogP contribution in [-0.2, 0) is 6.42 Å². The lowest BCUT2D eigenvalue weighted by molar-refractivity contribution is 0.0725. The van der Waals surface area contributed by atoms with Gasteiger partial charge in [-0.3, -0.25) is 14.3 Å². The summed E-state index contributed by atoms with van der Waals surface area (Å²) >= 11 is 6.17. The molecule has 0 radical (unpaired) electrons. The number of aromatic nitrogens is 1. The van der Waals surface area contributed by atoms with Crippen LogP contribution in [0.3, 0.4) is 0 Å². The van der Waals surface area contributed by atoms with Gasteiger partial charge in [0, 0.05) is 30.3 Å². The Bertz CT molecular complexity index is 1240. The number of nitrogens with one attached hydrogen (secondary N) is 1.